The van der Waals surface area contributed by atoms with E-state index in [1.54, 1.807) is 6.07 Å². The average Bonchev–Trinajstić information content (AvgIpc) is 3.65. The van der Waals surface area contributed by atoms with Crippen molar-refractivity contribution in [1.29, 1.82) is 0 Å². The maximum atomic E-state index is 14.3. The van der Waals surface area contributed by atoms with Crippen molar-refractivity contribution in [3.63, 3.8) is 0 Å². The summed E-state index contributed by atoms with van der Waals surface area (Å²) in [6, 6.07) is 19.5. The molecule has 1 aliphatic heterocycles. The molecular formula is C29H29FO3. The van der Waals surface area contributed by atoms with Crippen LogP contribution in [0, 0.1) is 24.6 Å². The number of rotatable bonds is 6. The van der Waals surface area contributed by atoms with E-state index < -0.39 is 11.9 Å². The molecule has 170 valence electrons. The van der Waals surface area contributed by atoms with Crippen molar-refractivity contribution in [2.24, 2.45) is 11.8 Å². The SMILES string of the molecule is Cc1ccc(F)c(-c2ccc(C3COc4ccc([C@H](C5CC5)[C@H](C)C(=O)O)cc4C3)cc2)c1. The second-order valence-corrected chi connectivity index (χ2v) is 9.67. The van der Waals surface area contributed by atoms with Crippen LogP contribution in [-0.4, -0.2) is 17.7 Å². The predicted molar refractivity (Wildman–Crippen MR) is 127 cm³/mol. The predicted octanol–water partition coefficient (Wildman–Crippen LogP) is 6.73. The highest BCUT2D eigenvalue weighted by atomic mass is 19.1. The molecule has 1 saturated carbocycles. The lowest BCUT2D eigenvalue weighted by Crippen LogP contribution is -2.22. The van der Waals surface area contributed by atoms with Crippen LogP contribution in [0.4, 0.5) is 4.39 Å². The van der Waals surface area contributed by atoms with Crippen molar-refractivity contribution in [3.8, 4) is 16.9 Å². The van der Waals surface area contributed by atoms with Crippen molar-refractivity contribution < 1.29 is 19.0 Å². The van der Waals surface area contributed by atoms with E-state index in [1.807, 2.05) is 44.2 Å². The minimum absolute atomic E-state index is 0.0525. The summed E-state index contributed by atoms with van der Waals surface area (Å²) in [4.78, 5) is 11.7. The Balaban J connectivity index is 1.38. The molecule has 1 heterocycles. The van der Waals surface area contributed by atoms with E-state index in [1.165, 1.54) is 11.6 Å². The van der Waals surface area contributed by atoms with Gasteiger partial charge in [0.15, 0.2) is 0 Å². The number of aliphatic carboxylic acids is 1. The number of benzene rings is 3. The third-order valence-corrected chi connectivity index (χ3v) is 7.25. The summed E-state index contributed by atoms with van der Waals surface area (Å²) >= 11 is 0. The van der Waals surface area contributed by atoms with Crippen molar-refractivity contribution in [3.05, 3.63) is 88.7 Å². The fourth-order valence-corrected chi connectivity index (χ4v) is 5.21. The molecule has 1 N–H and O–H groups in total. The number of hydrogen-bond acceptors (Lipinski definition) is 2. The van der Waals surface area contributed by atoms with Gasteiger partial charge in [-0.2, -0.15) is 0 Å². The number of aryl methyl sites for hydroxylation is 1. The highest BCUT2D eigenvalue weighted by Gasteiger charge is 2.39. The zero-order valence-electron chi connectivity index (χ0n) is 19.1. The minimum Gasteiger partial charge on any atom is -0.493 e. The summed E-state index contributed by atoms with van der Waals surface area (Å²) in [5.74, 6) is 0.276. The molecule has 3 aromatic rings. The van der Waals surface area contributed by atoms with E-state index in [0.29, 0.717) is 18.1 Å². The first kappa shape index (κ1) is 21.7. The Kier molecular flexibility index (Phi) is 5.69. The van der Waals surface area contributed by atoms with Crippen LogP contribution >= 0.6 is 0 Å². The zero-order valence-corrected chi connectivity index (χ0v) is 19.1. The molecule has 0 saturated heterocycles. The molecule has 2 aliphatic rings. The summed E-state index contributed by atoms with van der Waals surface area (Å²) < 4.78 is 20.4. The molecule has 0 bridgehead atoms. The van der Waals surface area contributed by atoms with Crippen LogP contribution < -0.4 is 4.74 Å². The van der Waals surface area contributed by atoms with Gasteiger partial charge in [-0.3, -0.25) is 4.79 Å². The number of halogens is 1. The van der Waals surface area contributed by atoms with Crippen molar-refractivity contribution in [2.45, 2.75) is 44.9 Å². The zero-order chi connectivity index (χ0) is 23.1. The van der Waals surface area contributed by atoms with Gasteiger partial charge in [0.2, 0.25) is 0 Å². The van der Waals surface area contributed by atoms with Crippen molar-refractivity contribution >= 4 is 5.97 Å². The van der Waals surface area contributed by atoms with Gasteiger partial charge in [0.25, 0.3) is 0 Å². The molecule has 5 rings (SSSR count). The number of carboxylic acid groups (broad SMARTS) is 1. The second kappa shape index (κ2) is 8.66. The van der Waals surface area contributed by atoms with Crippen LogP contribution in [-0.2, 0) is 11.2 Å². The Morgan fingerprint density at radius 1 is 1.06 bits per heavy atom. The lowest BCUT2D eigenvalue weighted by molar-refractivity contribution is -0.142. The van der Waals surface area contributed by atoms with Gasteiger partial charge in [-0.05, 0) is 78.5 Å². The van der Waals surface area contributed by atoms with Crippen LogP contribution in [0.15, 0.2) is 60.7 Å². The van der Waals surface area contributed by atoms with E-state index in [-0.39, 0.29) is 17.7 Å². The summed E-state index contributed by atoms with van der Waals surface area (Å²) in [5, 5.41) is 9.61. The minimum atomic E-state index is -0.733. The second-order valence-electron chi connectivity index (χ2n) is 9.67. The first-order valence-corrected chi connectivity index (χ1v) is 11.8. The summed E-state index contributed by atoms with van der Waals surface area (Å²) in [5.41, 5.74) is 5.94. The molecule has 0 radical (unpaired) electrons. The van der Waals surface area contributed by atoms with Crippen LogP contribution in [0.25, 0.3) is 11.1 Å². The maximum Gasteiger partial charge on any atom is 0.306 e. The normalized spacial score (nSPS) is 19.3. The van der Waals surface area contributed by atoms with E-state index in [4.69, 9.17) is 4.74 Å². The van der Waals surface area contributed by atoms with Gasteiger partial charge in [-0.25, -0.2) is 4.39 Å². The highest BCUT2D eigenvalue weighted by Crippen LogP contribution is 2.48. The van der Waals surface area contributed by atoms with Gasteiger partial charge in [0, 0.05) is 11.5 Å². The van der Waals surface area contributed by atoms with Crippen molar-refractivity contribution in [1.82, 2.24) is 0 Å². The summed E-state index contributed by atoms with van der Waals surface area (Å²) in [7, 11) is 0. The molecule has 3 aromatic carbocycles. The first-order valence-electron chi connectivity index (χ1n) is 11.8. The monoisotopic (exact) mass is 444 g/mol. The number of fused-ring (bicyclic) bond motifs is 1. The number of carbonyl (C=O) groups is 1. The molecule has 0 aromatic heterocycles. The Morgan fingerprint density at radius 2 is 1.82 bits per heavy atom. The van der Waals surface area contributed by atoms with Gasteiger partial charge in [-0.15, -0.1) is 0 Å². The molecule has 1 aliphatic carbocycles. The van der Waals surface area contributed by atoms with Gasteiger partial charge < -0.3 is 9.84 Å². The largest absolute Gasteiger partial charge is 0.493 e. The van der Waals surface area contributed by atoms with Crippen LogP contribution in [0.2, 0.25) is 0 Å². The lowest BCUT2D eigenvalue weighted by atomic mass is 9.81. The molecule has 3 atom stereocenters. The lowest BCUT2D eigenvalue weighted by Gasteiger charge is -2.28. The molecular weight excluding hydrogens is 415 g/mol. The molecule has 0 spiro atoms. The van der Waals surface area contributed by atoms with Crippen molar-refractivity contribution in [2.75, 3.05) is 6.61 Å². The smallest absolute Gasteiger partial charge is 0.306 e. The van der Waals surface area contributed by atoms with Crippen LogP contribution in [0.1, 0.15) is 53.9 Å². The molecule has 0 amide bonds. The fourth-order valence-electron chi connectivity index (χ4n) is 5.21. The van der Waals surface area contributed by atoms with Gasteiger partial charge in [-0.1, -0.05) is 55.0 Å². The Labute approximate surface area is 194 Å². The van der Waals surface area contributed by atoms with E-state index >= 15 is 0 Å². The molecule has 3 nitrogen and oxygen atoms in total. The highest BCUT2D eigenvalue weighted by molar-refractivity contribution is 5.71. The standard InChI is InChI=1S/C29H29FO3/c1-17-3-11-26(30)25(13-17)20-6-4-19(5-7-20)24-15-23-14-22(10-12-27(23)33-16-24)28(21-8-9-21)18(2)29(31)32/h3-7,10-14,18,21,24,28H,8-9,15-16H2,1-2H3,(H,31,32)/t18-,24?,28-/m0/s1. The van der Waals surface area contributed by atoms with Gasteiger partial charge in [0.05, 0.1) is 12.5 Å². The summed E-state index contributed by atoms with van der Waals surface area (Å²) in [6.45, 7) is 4.39. The van der Waals surface area contributed by atoms with Gasteiger partial charge in [0.1, 0.15) is 11.6 Å². The first-order chi connectivity index (χ1) is 15.9. The molecule has 33 heavy (non-hydrogen) atoms. The van der Waals surface area contributed by atoms with E-state index in [9.17, 15) is 14.3 Å². The fraction of sp³-hybridized carbons (Fsp3) is 0.345. The molecule has 4 heteroatoms. The van der Waals surface area contributed by atoms with E-state index in [0.717, 1.165) is 47.3 Å². The summed E-state index contributed by atoms with van der Waals surface area (Å²) in [6.07, 6.45) is 3.05. The third-order valence-electron chi connectivity index (χ3n) is 7.25. The number of carboxylic acids is 1. The maximum absolute atomic E-state index is 14.3. The topological polar surface area (TPSA) is 46.5 Å². The average molecular weight is 445 g/mol. The van der Waals surface area contributed by atoms with Gasteiger partial charge >= 0.3 is 5.97 Å². The van der Waals surface area contributed by atoms with Crippen LogP contribution in [0.3, 0.4) is 0 Å². The number of ether oxygens (including phenoxy) is 1. The van der Waals surface area contributed by atoms with E-state index in [2.05, 4.69) is 18.2 Å². The number of hydrogen-bond donors (Lipinski definition) is 1. The molecule has 1 fully saturated rings. The quantitative estimate of drug-likeness (QED) is 0.458. The third kappa shape index (κ3) is 4.39. The Morgan fingerprint density at radius 3 is 2.52 bits per heavy atom. The van der Waals surface area contributed by atoms with Crippen LogP contribution in [0.5, 0.6) is 5.75 Å². The Hall–Kier alpha value is -3.14. The molecule has 1 unspecified atom stereocenters. The Bertz CT molecular complexity index is 1180.